The SMILES string of the molecule is COc1ccc(C(C)NCc2ccc(C)s2)cc1F. The van der Waals surface area contributed by atoms with Gasteiger partial charge in [0.1, 0.15) is 0 Å². The van der Waals surface area contributed by atoms with Gasteiger partial charge in [-0.2, -0.15) is 0 Å². The number of nitrogens with one attached hydrogen (secondary N) is 1. The third-order valence-corrected chi connectivity index (χ3v) is 4.06. The maximum absolute atomic E-state index is 13.6. The lowest BCUT2D eigenvalue weighted by Gasteiger charge is -2.14. The molecule has 1 aromatic carbocycles. The number of rotatable bonds is 5. The smallest absolute Gasteiger partial charge is 0.165 e. The molecule has 2 rings (SSSR count). The molecule has 0 aliphatic rings. The number of hydrogen-bond donors (Lipinski definition) is 1. The molecule has 1 atom stereocenters. The van der Waals surface area contributed by atoms with E-state index < -0.39 is 0 Å². The molecular formula is C15H18FNOS. The van der Waals surface area contributed by atoms with Crippen LogP contribution in [0.5, 0.6) is 5.75 Å². The molecular weight excluding hydrogens is 261 g/mol. The van der Waals surface area contributed by atoms with Crippen molar-refractivity contribution in [3.05, 3.63) is 51.5 Å². The molecule has 2 aromatic rings. The highest BCUT2D eigenvalue weighted by Crippen LogP contribution is 2.22. The largest absolute Gasteiger partial charge is 0.494 e. The van der Waals surface area contributed by atoms with Gasteiger partial charge in [-0.25, -0.2) is 4.39 Å². The molecule has 102 valence electrons. The summed E-state index contributed by atoms with van der Waals surface area (Å²) in [6.07, 6.45) is 0. The van der Waals surface area contributed by atoms with Crippen molar-refractivity contribution in [3.63, 3.8) is 0 Å². The van der Waals surface area contributed by atoms with Crippen LogP contribution in [0.2, 0.25) is 0 Å². The number of halogens is 1. The molecule has 0 saturated carbocycles. The zero-order valence-corrected chi connectivity index (χ0v) is 12.2. The van der Waals surface area contributed by atoms with E-state index in [0.29, 0.717) is 0 Å². The van der Waals surface area contributed by atoms with Gasteiger partial charge in [0.05, 0.1) is 7.11 Å². The molecule has 0 radical (unpaired) electrons. The van der Waals surface area contributed by atoms with E-state index in [2.05, 4.69) is 24.4 Å². The van der Waals surface area contributed by atoms with Gasteiger partial charge in [0, 0.05) is 22.3 Å². The maximum atomic E-state index is 13.6. The van der Waals surface area contributed by atoms with Crippen LogP contribution >= 0.6 is 11.3 Å². The first-order valence-corrected chi connectivity index (χ1v) is 7.04. The zero-order chi connectivity index (χ0) is 13.8. The van der Waals surface area contributed by atoms with E-state index in [1.165, 1.54) is 22.9 Å². The van der Waals surface area contributed by atoms with Gasteiger partial charge in [0.15, 0.2) is 11.6 Å². The molecule has 0 bridgehead atoms. The van der Waals surface area contributed by atoms with Crippen LogP contribution in [-0.4, -0.2) is 7.11 Å². The first kappa shape index (κ1) is 14.0. The minimum absolute atomic E-state index is 0.0998. The average molecular weight is 279 g/mol. The van der Waals surface area contributed by atoms with Crippen LogP contribution < -0.4 is 10.1 Å². The van der Waals surface area contributed by atoms with Crippen LogP contribution in [0.25, 0.3) is 0 Å². The predicted octanol–water partition coefficient (Wildman–Crippen LogP) is 4.06. The summed E-state index contributed by atoms with van der Waals surface area (Å²) in [4.78, 5) is 2.60. The lowest BCUT2D eigenvalue weighted by atomic mass is 10.1. The highest BCUT2D eigenvalue weighted by atomic mass is 32.1. The maximum Gasteiger partial charge on any atom is 0.165 e. The van der Waals surface area contributed by atoms with Crippen molar-refractivity contribution < 1.29 is 9.13 Å². The number of thiophene rings is 1. The molecule has 0 fully saturated rings. The van der Waals surface area contributed by atoms with Crippen molar-refractivity contribution in [2.45, 2.75) is 26.4 Å². The molecule has 0 saturated heterocycles. The van der Waals surface area contributed by atoms with Gasteiger partial charge in [-0.15, -0.1) is 11.3 Å². The van der Waals surface area contributed by atoms with Crippen LogP contribution in [0.3, 0.4) is 0 Å². The second kappa shape index (κ2) is 6.17. The van der Waals surface area contributed by atoms with E-state index in [0.717, 1.165) is 12.1 Å². The Bertz CT molecular complexity index is 553. The van der Waals surface area contributed by atoms with Crippen molar-refractivity contribution in [2.75, 3.05) is 7.11 Å². The van der Waals surface area contributed by atoms with Gasteiger partial charge in [0.25, 0.3) is 0 Å². The van der Waals surface area contributed by atoms with Crippen molar-refractivity contribution in [2.24, 2.45) is 0 Å². The fourth-order valence-corrected chi connectivity index (χ4v) is 2.74. The van der Waals surface area contributed by atoms with Crippen LogP contribution in [0.1, 0.15) is 28.3 Å². The Labute approximate surface area is 117 Å². The predicted molar refractivity (Wildman–Crippen MR) is 77.3 cm³/mol. The van der Waals surface area contributed by atoms with E-state index in [1.54, 1.807) is 17.4 Å². The molecule has 0 aliphatic heterocycles. The number of ether oxygens (including phenoxy) is 1. The van der Waals surface area contributed by atoms with Crippen LogP contribution in [0.4, 0.5) is 4.39 Å². The van der Waals surface area contributed by atoms with Gasteiger partial charge in [0.2, 0.25) is 0 Å². The lowest BCUT2D eigenvalue weighted by Crippen LogP contribution is -2.17. The lowest BCUT2D eigenvalue weighted by molar-refractivity contribution is 0.385. The molecule has 0 spiro atoms. The minimum atomic E-state index is -0.319. The molecule has 1 heterocycles. The summed E-state index contributed by atoms with van der Waals surface area (Å²) >= 11 is 1.78. The van der Waals surface area contributed by atoms with E-state index in [-0.39, 0.29) is 17.6 Å². The fraction of sp³-hybridized carbons (Fsp3) is 0.333. The Balaban J connectivity index is 1.99. The van der Waals surface area contributed by atoms with Gasteiger partial charge < -0.3 is 10.1 Å². The molecule has 1 aromatic heterocycles. The second-order valence-electron chi connectivity index (χ2n) is 4.51. The highest BCUT2D eigenvalue weighted by molar-refractivity contribution is 7.11. The molecule has 1 N–H and O–H groups in total. The van der Waals surface area contributed by atoms with Crippen LogP contribution in [0, 0.1) is 12.7 Å². The molecule has 1 unspecified atom stereocenters. The Morgan fingerprint density at radius 1 is 1.32 bits per heavy atom. The van der Waals surface area contributed by atoms with Gasteiger partial charge in [-0.1, -0.05) is 6.07 Å². The molecule has 4 heteroatoms. The highest BCUT2D eigenvalue weighted by Gasteiger charge is 2.09. The Hall–Kier alpha value is -1.39. The van der Waals surface area contributed by atoms with Gasteiger partial charge in [-0.3, -0.25) is 0 Å². The summed E-state index contributed by atoms with van der Waals surface area (Å²) in [7, 11) is 1.47. The van der Waals surface area contributed by atoms with Crippen LogP contribution in [-0.2, 0) is 6.54 Å². The monoisotopic (exact) mass is 279 g/mol. The zero-order valence-electron chi connectivity index (χ0n) is 11.4. The standard InChI is InChI=1S/C15H18FNOS/c1-10-4-6-13(19-10)9-17-11(2)12-5-7-15(18-3)14(16)8-12/h4-8,11,17H,9H2,1-3H3. The van der Waals surface area contributed by atoms with Gasteiger partial charge >= 0.3 is 0 Å². The van der Waals surface area contributed by atoms with Crippen LogP contribution in [0.15, 0.2) is 30.3 Å². The van der Waals surface area contributed by atoms with Crippen molar-refractivity contribution in [1.82, 2.24) is 5.32 Å². The first-order valence-electron chi connectivity index (χ1n) is 6.22. The van der Waals surface area contributed by atoms with Crippen molar-refractivity contribution >= 4 is 11.3 Å². The molecule has 0 aliphatic carbocycles. The summed E-state index contributed by atoms with van der Waals surface area (Å²) in [5.74, 6) is -0.0366. The summed E-state index contributed by atoms with van der Waals surface area (Å²) in [6, 6.07) is 9.41. The van der Waals surface area contributed by atoms with E-state index in [1.807, 2.05) is 13.0 Å². The van der Waals surface area contributed by atoms with E-state index in [9.17, 15) is 4.39 Å². The summed E-state index contributed by atoms with van der Waals surface area (Å²) in [5.41, 5.74) is 0.923. The first-order chi connectivity index (χ1) is 9.10. The molecule has 19 heavy (non-hydrogen) atoms. The van der Waals surface area contributed by atoms with Gasteiger partial charge in [-0.05, 0) is 43.7 Å². The van der Waals surface area contributed by atoms with E-state index >= 15 is 0 Å². The minimum Gasteiger partial charge on any atom is -0.494 e. The normalized spacial score (nSPS) is 12.4. The Morgan fingerprint density at radius 2 is 2.11 bits per heavy atom. The quantitative estimate of drug-likeness (QED) is 0.891. The number of aryl methyl sites for hydroxylation is 1. The fourth-order valence-electron chi connectivity index (χ4n) is 1.90. The molecule has 2 nitrogen and oxygen atoms in total. The summed E-state index contributed by atoms with van der Waals surface area (Å²) in [5, 5.41) is 3.40. The summed E-state index contributed by atoms with van der Waals surface area (Å²) < 4.78 is 18.5. The topological polar surface area (TPSA) is 21.3 Å². The Kier molecular flexibility index (Phi) is 4.56. The van der Waals surface area contributed by atoms with E-state index in [4.69, 9.17) is 4.74 Å². The Morgan fingerprint density at radius 3 is 2.68 bits per heavy atom. The molecule has 0 amide bonds. The van der Waals surface area contributed by atoms with Crippen molar-refractivity contribution in [3.8, 4) is 5.75 Å². The average Bonchev–Trinajstić information content (AvgIpc) is 2.81. The number of benzene rings is 1. The second-order valence-corrected chi connectivity index (χ2v) is 5.88. The third kappa shape index (κ3) is 3.55. The number of methoxy groups -OCH3 is 1. The third-order valence-electron chi connectivity index (χ3n) is 3.05. The summed E-state index contributed by atoms with van der Waals surface area (Å²) in [6.45, 7) is 4.92. The number of hydrogen-bond acceptors (Lipinski definition) is 3. The van der Waals surface area contributed by atoms with Crippen molar-refractivity contribution in [1.29, 1.82) is 0 Å².